The molecule has 3 aromatic rings. The van der Waals surface area contributed by atoms with Crippen LogP contribution in [0.25, 0.3) is 10.9 Å². The van der Waals surface area contributed by atoms with E-state index in [9.17, 15) is 14.4 Å². The fraction of sp³-hybridized carbons (Fsp3) is 0.227. The van der Waals surface area contributed by atoms with Crippen molar-refractivity contribution >= 4 is 28.6 Å². The fourth-order valence-electron chi connectivity index (χ4n) is 3.03. The van der Waals surface area contributed by atoms with E-state index in [0.717, 1.165) is 16.5 Å². The predicted octanol–water partition coefficient (Wildman–Crippen LogP) is 2.65. The Labute approximate surface area is 168 Å². The van der Waals surface area contributed by atoms with Gasteiger partial charge < -0.3 is 19.8 Å². The molecule has 0 saturated heterocycles. The van der Waals surface area contributed by atoms with Gasteiger partial charge in [-0.3, -0.25) is 9.59 Å². The predicted molar refractivity (Wildman–Crippen MR) is 108 cm³/mol. The number of fused-ring (bicyclic) bond motifs is 1. The molecule has 0 aliphatic rings. The van der Waals surface area contributed by atoms with E-state index in [1.807, 2.05) is 30.5 Å². The Morgan fingerprint density at radius 3 is 2.48 bits per heavy atom. The van der Waals surface area contributed by atoms with Crippen LogP contribution in [0.1, 0.15) is 22.8 Å². The van der Waals surface area contributed by atoms with Gasteiger partial charge in [-0.05, 0) is 42.8 Å². The van der Waals surface area contributed by atoms with Crippen LogP contribution in [0.2, 0.25) is 0 Å². The van der Waals surface area contributed by atoms with Crippen LogP contribution in [0.4, 0.5) is 0 Å². The molecule has 150 valence electrons. The largest absolute Gasteiger partial charge is 0.484 e. The maximum Gasteiger partial charge on any atom is 0.328 e. The highest BCUT2D eigenvalue weighted by Gasteiger charge is 2.23. The Morgan fingerprint density at radius 2 is 1.79 bits per heavy atom. The first-order chi connectivity index (χ1) is 14.0. The number of aromatic amines is 1. The number of aromatic nitrogens is 1. The monoisotopic (exact) mass is 394 g/mol. The van der Waals surface area contributed by atoms with Crippen molar-refractivity contribution in [1.29, 1.82) is 0 Å². The van der Waals surface area contributed by atoms with Crippen LogP contribution >= 0.6 is 0 Å². The molecule has 7 heteroatoms. The van der Waals surface area contributed by atoms with E-state index in [1.54, 1.807) is 24.3 Å². The number of hydrogen-bond acceptors (Lipinski definition) is 5. The number of carbonyl (C=O) groups is 3. The molecular weight excluding hydrogens is 372 g/mol. The van der Waals surface area contributed by atoms with Crippen molar-refractivity contribution in [3.05, 3.63) is 65.9 Å². The zero-order valence-corrected chi connectivity index (χ0v) is 16.2. The summed E-state index contributed by atoms with van der Waals surface area (Å²) in [5.41, 5.74) is 2.41. The number of amides is 1. The molecule has 0 aliphatic carbocycles. The molecule has 2 aromatic carbocycles. The van der Waals surface area contributed by atoms with Gasteiger partial charge in [0.05, 0.1) is 7.11 Å². The van der Waals surface area contributed by atoms with E-state index < -0.39 is 17.9 Å². The van der Waals surface area contributed by atoms with Crippen molar-refractivity contribution in [2.24, 2.45) is 0 Å². The molecule has 0 fully saturated rings. The highest BCUT2D eigenvalue weighted by atomic mass is 16.5. The van der Waals surface area contributed by atoms with E-state index in [2.05, 4.69) is 10.3 Å². The van der Waals surface area contributed by atoms with Crippen LogP contribution in [-0.2, 0) is 20.7 Å². The molecule has 1 amide bonds. The summed E-state index contributed by atoms with van der Waals surface area (Å²) in [6.45, 7) is 1.21. The molecule has 1 aromatic heterocycles. The Balaban J connectivity index is 1.63. The van der Waals surface area contributed by atoms with E-state index in [-0.39, 0.29) is 18.8 Å². The van der Waals surface area contributed by atoms with E-state index >= 15 is 0 Å². The molecule has 0 spiro atoms. The lowest BCUT2D eigenvalue weighted by Crippen LogP contribution is -2.44. The fourth-order valence-corrected chi connectivity index (χ4v) is 3.03. The lowest BCUT2D eigenvalue weighted by Gasteiger charge is -2.16. The van der Waals surface area contributed by atoms with E-state index in [1.165, 1.54) is 14.0 Å². The SMILES string of the molecule is COC(=O)[C@@H](Cc1c[nH]c2ccccc12)NC(=O)COc1ccc(C(C)=O)cc1. The maximum atomic E-state index is 12.3. The number of H-pyrrole nitrogens is 1. The number of Topliss-reactive ketones (excluding diaryl/α,β-unsaturated/α-hetero) is 1. The van der Waals surface area contributed by atoms with Crippen molar-refractivity contribution in [3.63, 3.8) is 0 Å². The lowest BCUT2D eigenvalue weighted by atomic mass is 10.0. The molecule has 0 radical (unpaired) electrons. The van der Waals surface area contributed by atoms with Gasteiger partial charge in [-0.25, -0.2) is 4.79 Å². The van der Waals surface area contributed by atoms with Crippen molar-refractivity contribution in [1.82, 2.24) is 10.3 Å². The van der Waals surface area contributed by atoms with Crippen LogP contribution in [0, 0.1) is 0 Å². The number of benzene rings is 2. The summed E-state index contributed by atoms with van der Waals surface area (Å²) in [6.07, 6.45) is 2.11. The quantitative estimate of drug-likeness (QED) is 0.452. The summed E-state index contributed by atoms with van der Waals surface area (Å²) >= 11 is 0. The summed E-state index contributed by atoms with van der Waals surface area (Å²) < 4.78 is 10.3. The molecule has 0 saturated carbocycles. The van der Waals surface area contributed by atoms with Crippen molar-refractivity contribution in [2.75, 3.05) is 13.7 Å². The number of nitrogens with one attached hydrogen (secondary N) is 2. The number of rotatable bonds is 8. The Kier molecular flexibility index (Phi) is 6.29. The van der Waals surface area contributed by atoms with E-state index in [0.29, 0.717) is 11.3 Å². The summed E-state index contributed by atoms with van der Waals surface area (Å²) in [5.74, 6) is -0.575. The second kappa shape index (κ2) is 9.05. The molecule has 1 heterocycles. The first kappa shape index (κ1) is 20.1. The maximum absolute atomic E-state index is 12.3. The number of esters is 1. The van der Waals surface area contributed by atoms with Gasteiger partial charge in [0.1, 0.15) is 11.8 Å². The second-order valence-corrected chi connectivity index (χ2v) is 6.58. The molecule has 29 heavy (non-hydrogen) atoms. The minimum Gasteiger partial charge on any atom is -0.484 e. The number of methoxy groups -OCH3 is 1. The third-order valence-corrected chi connectivity index (χ3v) is 4.55. The average Bonchev–Trinajstić information content (AvgIpc) is 3.14. The molecular formula is C22H22N2O5. The van der Waals surface area contributed by atoms with Gasteiger partial charge in [0.2, 0.25) is 0 Å². The van der Waals surface area contributed by atoms with Gasteiger partial charge in [-0.1, -0.05) is 18.2 Å². The topological polar surface area (TPSA) is 97.5 Å². The van der Waals surface area contributed by atoms with Gasteiger partial charge in [-0.15, -0.1) is 0 Å². The highest BCUT2D eigenvalue weighted by Crippen LogP contribution is 2.19. The molecule has 0 aliphatic heterocycles. The van der Waals surface area contributed by atoms with Crippen molar-refractivity contribution in [2.45, 2.75) is 19.4 Å². The highest BCUT2D eigenvalue weighted by molar-refractivity contribution is 5.94. The van der Waals surface area contributed by atoms with Gasteiger partial charge in [-0.2, -0.15) is 0 Å². The smallest absolute Gasteiger partial charge is 0.328 e. The van der Waals surface area contributed by atoms with E-state index in [4.69, 9.17) is 9.47 Å². The third kappa shape index (κ3) is 5.01. The molecule has 1 atom stereocenters. The van der Waals surface area contributed by atoms with Crippen LogP contribution in [0.5, 0.6) is 5.75 Å². The Morgan fingerprint density at radius 1 is 1.07 bits per heavy atom. The minimum absolute atomic E-state index is 0.0486. The minimum atomic E-state index is -0.838. The van der Waals surface area contributed by atoms with Gasteiger partial charge in [0.15, 0.2) is 12.4 Å². The summed E-state index contributed by atoms with van der Waals surface area (Å²) in [7, 11) is 1.28. The zero-order chi connectivity index (χ0) is 20.8. The first-order valence-corrected chi connectivity index (χ1v) is 9.14. The standard InChI is InChI=1S/C22H22N2O5/c1-14(25)15-7-9-17(10-8-15)29-13-21(26)24-20(22(27)28-2)11-16-12-23-19-6-4-3-5-18(16)19/h3-10,12,20,23H,11,13H2,1-2H3,(H,24,26)/t20-/m1/s1. The van der Waals surface area contributed by atoms with Crippen LogP contribution < -0.4 is 10.1 Å². The summed E-state index contributed by atoms with van der Waals surface area (Å²) in [4.78, 5) is 38.9. The van der Waals surface area contributed by atoms with Gasteiger partial charge in [0, 0.05) is 29.1 Å². The van der Waals surface area contributed by atoms with Crippen LogP contribution in [-0.4, -0.2) is 42.4 Å². The van der Waals surface area contributed by atoms with Crippen LogP contribution in [0.3, 0.4) is 0 Å². The van der Waals surface area contributed by atoms with Crippen molar-refractivity contribution < 1.29 is 23.9 Å². The molecule has 0 unspecified atom stereocenters. The molecule has 7 nitrogen and oxygen atoms in total. The number of ether oxygens (including phenoxy) is 2. The molecule has 0 bridgehead atoms. The number of carbonyl (C=O) groups excluding carboxylic acids is 3. The lowest BCUT2D eigenvalue weighted by molar-refractivity contribution is -0.145. The normalized spacial score (nSPS) is 11.7. The summed E-state index contributed by atoms with van der Waals surface area (Å²) in [5, 5.41) is 3.65. The second-order valence-electron chi connectivity index (χ2n) is 6.58. The number of ketones is 1. The van der Waals surface area contributed by atoms with Gasteiger partial charge >= 0.3 is 5.97 Å². The molecule has 3 rings (SSSR count). The Bertz CT molecular complexity index is 1020. The number of para-hydroxylation sites is 1. The summed E-state index contributed by atoms with van der Waals surface area (Å²) in [6, 6.07) is 13.4. The van der Waals surface area contributed by atoms with Crippen molar-refractivity contribution in [3.8, 4) is 5.75 Å². The van der Waals surface area contributed by atoms with Crippen LogP contribution in [0.15, 0.2) is 54.7 Å². The first-order valence-electron chi connectivity index (χ1n) is 9.14. The van der Waals surface area contributed by atoms with Gasteiger partial charge in [0.25, 0.3) is 5.91 Å². The Hall–Kier alpha value is -3.61. The number of hydrogen-bond donors (Lipinski definition) is 2. The molecule has 2 N–H and O–H groups in total. The third-order valence-electron chi connectivity index (χ3n) is 4.55. The average molecular weight is 394 g/mol. The zero-order valence-electron chi connectivity index (χ0n) is 16.2.